The van der Waals surface area contributed by atoms with Crippen LogP contribution in [0.5, 0.6) is 0 Å². The third-order valence-corrected chi connectivity index (χ3v) is 11.2. The number of ketones is 1. The van der Waals surface area contributed by atoms with Crippen LogP contribution in [0.1, 0.15) is 48.0 Å². The molecule has 2 atom stereocenters. The molecule has 168 valence electrons. The first kappa shape index (κ1) is 25.2. The zero-order valence-corrected chi connectivity index (χ0v) is 20.9. The Hall–Kier alpha value is -2.01. The van der Waals surface area contributed by atoms with Crippen LogP contribution < -0.4 is 10.4 Å². The van der Waals surface area contributed by atoms with Gasteiger partial charge in [0.15, 0.2) is 0 Å². The Morgan fingerprint density at radius 1 is 1.00 bits per heavy atom. The topological polar surface area (TPSA) is 46.5 Å². The van der Waals surface area contributed by atoms with Crippen molar-refractivity contribution in [1.29, 1.82) is 0 Å². The molecule has 0 saturated carbocycles. The maximum atomic E-state index is 12.9. The Labute approximate surface area is 189 Å². The molecule has 0 spiro atoms. The number of Topliss-reactive ketones (excluding diaryl/α,β-unsaturated/α-hetero) is 1. The summed E-state index contributed by atoms with van der Waals surface area (Å²) in [5.74, 6) is 0.0592. The highest BCUT2D eigenvalue weighted by Crippen LogP contribution is 2.37. The van der Waals surface area contributed by atoms with Gasteiger partial charge in [0.05, 0.1) is 11.5 Å². The zero-order valence-electron chi connectivity index (χ0n) is 19.9. The molecule has 2 rings (SSSR count). The predicted octanol–water partition coefficient (Wildman–Crippen LogP) is 4.73. The number of hydrogen-bond acceptors (Lipinski definition) is 3. The first-order valence-corrected chi connectivity index (χ1v) is 13.0. The first-order valence-electron chi connectivity index (χ1n) is 11.1. The van der Waals surface area contributed by atoms with Crippen LogP contribution >= 0.6 is 0 Å². The van der Waals surface area contributed by atoms with Crippen LogP contribution in [0.15, 0.2) is 73.3 Å². The Bertz CT molecular complexity index is 814. The average molecular weight is 439 g/mol. The van der Waals surface area contributed by atoms with E-state index in [1.54, 1.807) is 13.8 Å². The van der Waals surface area contributed by atoms with Gasteiger partial charge in [0.25, 0.3) is 8.32 Å². The fourth-order valence-electron chi connectivity index (χ4n) is 4.13. The molecule has 1 N–H and O–H groups in total. The van der Waals surface area contributed by atoms with E-state index in [1.807, 2.05) is 19.1 Å². The molecule has 0 saturated heterocycles. The SMILES string of the molecule is C=C[C@@H](O)C(C)(C)C(=O)C[C@@H](C)CO[Si](c1ccccc1)(c1ccccc1)C(C)(C)C. The van der Waals surface area contributed by atoms with E-state index in [4.69, 9.17) is 4.43 Å². The maximum Gasteiger partial charge on any atom is 0.261 e. The highest BCUT2D eigenvalue weighted by Gasteiger charge is 2.50. The van der Waals surface area contributed by atoms with Crippen LogP contribution in [0.3, 0.4) is 0 Å². The summed E-state index contributed by atoms with van der Waals surface area (Å²) in [7, 11) is -2.61. The Kier molecular flexibility index (Phi) is 8.20. The van der Waals surface area contributed by atoms with Crippen molar-refractivity contribution in [3.8, 4) is 0 Å². The highest BCUT2D eigenvalue weighted by atomic mass is 28.4. The first-order chi connectivity index (χ1) is 14.5. The van der Waals surface area contributed by atoms with Gasteiger partial charge in [-0.3, -0.25) is 4.79 Å². The molecule has 2 aromatic rings. The number of carbonyl (C=O) groups is 1. The predicted molar refractivity (Wildman–Crippen MR) is 132 cm³/mol. The largest absolute Gasteiger partial charge is 0.407 e. The van der Waals surface area contributed by atoms with Crippen LogP contribution in [0.4, 0.5) is 0 Å². The Balaban J connectivity index is 2.35. The molecule has 0 amide bonds. The molecule has 0 heterocycles. The van der Waals surface area contributed by atoms with Crippen LogP contribution in [-0.4, -0.2) is 31.9 Å². The summed E-state index contributed by atoms with van der Waals surface area (Å²) < 4.78 is 6.93. The van der Waals surface area contributed by atoms with E-state index in [-0.39, 0.29) is 16.7 Å². The summed E-state index contributed by atoms with van der Waals surface area (Å²) in [6, 6.07) is 21.0. The van der Waals surface area contributed by atoms with Gasteiger partial charge in [-0.1, -0.05) is 108 Å². The second-order valence-electron chi connectivity index (χ2n) is 10.1. The van der Waals surface area contributed by atoms with Crippen molar-refractivity contribution in [1.82, 2.24) is 0 Å². The van der Waals surface area contributed by atoms with Gasteiger partial charge >= 0.3 is 0 Å². The number of hydrogen-bond donors (Lipinski definition) is 1. The molecule has 0 radical (unpaired) electrons. The highest BCUT2D eigenvalue weighted by molar-refractivity contribution is 6.99. The van der Waals surface area contributed by atoms with Crippen LogP contribution in [-0.2, 0) is 9.22 Å². The van der Waals surface area contributed by atoms with E-state index in [0.29, 0.717) is 13.0 Å². The fourth-order valence-corrected chi connectivity index (χ4v) is 8.82. The third kappa shape index (κ3) is 5.43. The lowest BCUT2D eigenvalue weighted by Crippen LogP contribution is -2.66. The Morgan fingerprint density at radius 3 is 1.84 bits per heavy atom. The van der Waals surface area contributed by atoms with Gasteiger partial charge in [0, 0.05) is 13.0 Å². The molecule has 0 unspecified atom stereocenters. The lowest BCUT2D eigenvalue weighted by atomic mass is 9.79. The molecule has 2 aromatic carbocycles. The van der Waals surface area contributed by atoms with E-state index in [1.165, 1.54) is 16.4 Å². The quantitative estimate of drug-likeness (QED) is 0.431. The molecule has 4 heteroatoms. The van der Waals surface area contributed by atoms with Crippen LogP contribution in [0.25, 0.3) is 0 Å². The molecule has 3 nitrogen and oxygen atoms in total. The van der Waals surface area contributed by atoms with Crippen molar-refractivity contribution in [2.75, 3.05) is 6.61 Å². The van der Waals surface area contributed by atoms with Gasteiger partial charge in [-0.05, 0) is 21.3 Å². The summed E-state index contributed by atoms with van der Waals surface area (Å²) >= 11 is 0. The minimum absolute atomic E-state index is 0.0263. The minimum atomic E-state index is -2.61. The van der Waals surface area contributed by atoms with E-state index in [0.717, 1.165) is 0 Å². The van der Waals surface area contributed by atoms with Crippen LogP contribution in [0, 0.1) is 11.3 Å². The molecular formula is C27H38O3Si. The number of rotatable bonds is 10. The molecule has 31 heavy (non-hydrogen) atoms. The van der Waals surface area contributed by atoms with Crippen molar-refractivity contribution < 1.29 is 14.3 Å². The number of aliphatic hydroxyl groups excluding tert-OH is 1. The summed E-state index contributed by atoms with van der Waals surface area (Å²) in [6.07, 6.45) is 0.933. The standard InChI is InChI=1S/C27H38O3Si/c1-8-24(28)27(6,7)25(29)19-21(2)20-30-31(26(3,4)5,22-15-11-9-12-16-22)23-17-13-10-14-18-23/h8-18,21,24,28H,1,19-20H2,2-7H3/t21-,24-/m1/s1. The van der Waals surface area contributed by atoms with E-state index in [9.17, 15) is 9.90 Å². The van der Waals surface area contributed by atoms with Crippen molar-refractivity contribution in [2.45, 2.75) is 59.1 Å². The molecule has 0 fully saturated rings. The van der Waals surface area contributed by atoms with E-state index >= 15 is 0 Å². The lowest BCUT2D eigenvalue weighted by molar-refractivity contribution is -0.132. The van der Waals surface area contributed by atoms with Gasteiger partial charge in [0.2, 0.25) is 0 Å². The van der Waals surface area contributed by atoms with Crippen molar-refractivity contribution in [3.63, 3.8) is 0 Å². The Morgan fingerprint density at radius 2 is 1.45 bits per heavy atom. The molecule has 0 aromatic heterocycles. The van der Waals surface area contributed by atoms with Gasteiger partial charge < -0.3 is 9.53 Å². The van der Waals surface area contributed by atoms with E-state index < -0.39 is 19.8 Å². The number of aliphatic hydroxyl groups is 1. The molecule has 0 aliphatic rings. The van der Waals surface area contributed by atoms with Crippen molar-refractivity contribution in [3.05, 3.63) is 73.3 Å². The molecule has 0 bridgehead atoms. The smallest absolute Gasteiger partial charge is 0.261 e. The third-order valence-electron chi connectivity index (χ3n) is 6.22. The zero-order chi connectivity index (χ0) is 23.3. The summed E-state index contributed by atoms with van der Waals surface area (Å²) in [4.78, 5) is 12.9. The van der Waals surface area contributed by atoms with E-state index in [2.05, 4.69) is 75.9 Å². The summed E-state index contributed by atoms with van der Waals surface area (Å²) in [5, 5.41) is 12.5. The van der Waals surface area contributed by atoms with Gasteiger partial charge in [-0.2, -0.15) is 0 Å². The number of carbonyl (C=O) groups excluding carboxylic acids is 1. The number of benzene rings is 2. The molecular weight excluding hydrogens is 400 g/mol. The van der Waals surface area contributed by atoms with Crippen molar-refractivity contribution in [2.24, 2.45) is 11.3 Å². The fraction of sp³-hybridized carbons (Fsp3) is 0.444. The normalized spacial score (nSPS) is 14.7. The maximum absolute atomic E-state index is 12.9. The van der Waals surface area contributed by atoms with Crippen molar-refractivity contribution >= 4 is 24.5 Å². The molecule has 0 aliphatic carbocycles. The summed E-state index contributed by atoms with van der Waals surface area (Å²) in [6.45, 7) is 16.5. The summed E-state index contributed by atoms with van der Waals surface area (Å²) in [5.41, 5.74) is -0.854. The second kappa shape index (κ2) is 10.1. The van der Waals surface area contributed by atoms with Gasteiger partial charge in [-0.15, -0.1) is 6.58 Å². The second-order valence-corrected chi connectivity index (χ2v) is 14.4. The van der Waals surface area contributed by atoms with Crippen LogP contribution in [0.2, 0.25) is 5.04 Å². The average Bonchev–Trinajstić information content (AvgIpc) is 2.74. The lowest BCUT2D eigenvalue weighted by Gasteiger charge is -2.43. The van der Waals surface area contributed by atoms with Gasteiger partial charge in [0.1, 0.15) is 5.78 Å². The minimum Gasteiger partial charge on any atom is -0.407 e. The monoisotopic (exact) mass is 438 g/mol. The molecule has 0 aliphatic heterocycles. The van der Waals surface area contributed by atoms with Gasteiger partial charge in [-0.25, -0.2) is 0 Å².